The Bertz CT molecular complexity index is 1220. The predicted octanol–water partition coefficient (Wildman–Crippen LogP) is 6.83. The Labute approximate surface area is 247 Å². The molecule has 8 heteroatoms. The SMILES string of the molecule is CCCc1cc(Cl)ccc1C1COc2ccc3cc2N(CCC(CC)C(OC)/C=C/CC[C@H](C)C(=O)NS3=O)C1. The predicted molar refractivity (Wildman–Crippen MR) is 164 cm³/mol. The molecule has 6 nitrogen and oxygen atoms in total. The summed E-state index contributed by atoms with van der Waals surface area (Å²) >= 11 is 6.38. The van der Waals surface area contributed by atoms with Gasteiger partial charge in [-0.15, -0.1) is 0 Å². The highest BCUT2D eigenvalue weighted by molar-refractivity contribution is 7.83. The fraction of sp³-hybridized carbons (Fsp3) is 0.531. The van der Waals surface area contributed by atoms with Gasteiger partial charge in [-0.25, -0.2) is 4.21 Å². The molecule has 40 heavy (non-hydrogen) atoms. The third kappa shape index (κ3) is 7.48. The van der Waals surface area contributed by atoms with Crippen molar-refractivity contribution in [2.24, 2.45) is 11.8 Å². The van der Waals surface area contributed by atoms with Gasteiger partial charge in [0.25, 0.3) is 0 Å². The third-order valence-electron chi connectivity index (χ3n) is 8.19. The number of fused-ring (bicyclic) bond motifs is 1. The van der Waals surface area contributed by atoms with Crippen LogP contribution in [0.25, 0.3) is 0 Å². The fourth-order valence-electron chi connectivity index (χ4n) is 5.76. The summed E-state index contributed by atoms with van der Waals surface area (Å²) < 4.78 is 28.3. The van der Waals surface area contributed by atoms with E-state index in [4.69, 9.17) is 21.1 Å². The number of anilines is 1. The molecule has 0 aromatic heterocycles. The van der Waals surface area contributed by atoms with Gasteiger partial charge in [-0.2, -0.15) is 0 Å². The molecule has 1 amide bonds. The van der Waals surface area contributed by atoms with E-state index in [1.807, 2.05) is 25.1 Å². The van der Waals surface area contributed by atoms with Gasteiger partial charge in [0, 0.05) is 37.1 Å². The summed E-state index contributed by atoms with van der Waals surface area (Å²) in [6, 6.07) is 11.8. The summed E-state index contributed by atoms with van der Waals surface area (Å²) in [5, 5.41) is 0.753. The van der Waals surface area contributed by atoms with Crippen molar-refractivity contribution in [3.63, 3.8) is 0 Å². The molecule has 2 aromatic rings. The van der Waals surface area contributed by atoms with Crippen LogP contribution in [0.3, 0.4) is 0 Å². The van der Waals surface area contributed by atoms with Gasteiger partial charge in [-0.05, 0) is 73.1 Å². The number of hydrogen-bond donors (Lipinski definition) is 1. The molecule has 0 spiro atoms. The molecule has 2 aliphatic rings. The maximum absolute atomic E-state index is 13.2. The van der Waals surface area contributed by atoms with Crippen LogP contribution in [-0.4, -0.2) is 43.0 Å². The number of ether oxygens (including phenoxy) is 2. The summed E-state index contributed by atoms with van der Waals surface area (Å²) in [6.07, 6.45) is 9.65. The van der Waals surface area contributed by atoms with E-state index in [1.54, 1.807) is 13.2 Å². The van der Waals surface area contributed by atoms with E-state index in [0.29, 0.717) is 23.8 Å². The third-order valence-corrected chi connectivity index (χ3v) is 9.50. The second-order valence-electron chi connectivity index (χ2n) is 11.0. The smallest absolute Gasteiger partial charge is 0.234 e. The number of allylic oxidation sites excluding steroid dienone is 1. The summed E-state index contributed by atoms with van der Waals surface area (Å²) in [5.74, 6) is 0.797. The van der Waals surface area contributed by atoms with Crippen LogP contribution >= 0.6 is 11.6 Å². The van der Waals surface area contributed by atoms with E-state index >= 15 is 0 Å². The molecule has 0 radical (unpaired) electrons. The van der Waals surface area contributed by atoms with Gasteiger partial charge >= 0.3 is 0 Å². The normalized spacial score (nSPS) is 26.9. The van der Waals surface area contributed by atoms with Gasteiger partial charge in [0.05, 0.1) is 23.3 Å². The zero-order chi connectivity index (χ0) is 28.6. The van der Waals surface area contributed by atoms with E-state index < -0.39 is 11.0 Å². The number of hydrogen-bond acceptors (Lipinski definition) is 5. The van der Waals surface area contributed by atoms with Gasteiger partial charge in [0.2, 0.25) is 5.91 Å². The van der Waals surface area contributed by atoms with E-state index in [1.165, 1.54) is 11.1 Å². The van der Waals surface area contributed by atoms with Crippen molar-refractivity contribution < 1.29 is 18.5 Å². The lowest BCUT2D eigenvalue weighted by atomic mass is 9.91. The number of carbonyl (C=O) groups excluding carboxylic acids is 1. The molecule has 2 aromatic carbocycles. The lowest BCUT2D eigenvalue weighted by Gasteiger charge is -2.31. The number of amides is 1. The highest BCUT2D eigenvalue weighted by Crippen LogP contribution is 2.38. The molecule has 4 unspecified atom stereocenters. The number of carbonyl (C=O) groups is 1. The standard InChI is InChI=1S/C32H43ClN2O4S/c1-5-9-24-18-26(33)12-14-28(24)25-20-35-17-16-23(6-2)30(38-4)11-8-7-10-22(3)32(36)34-40(37)27-13-15-31(39-21-25)29(35)19-27/h8,11-15,18-19,22-23,25,30H,5-7,9-10,16-17,20-21H2,1-4H3,(H,34,36)/b11-8+/t22-,23?,25?,30?,40?/m0/s1. The molecular weight excluding hydrogens is 544 g/mol. The molecule has 2 aliphatic heterocycles. The topological polar surface area (TPSA) is 67.9 Å². The van der Waals surface area contributed by atoms with Crippen LogP contribution < -0.4 is 14.4 Å². The molecule has 4 rings (SSSR count). The zero-order valence-corrected chi connectivity index (χ0v) is 25.7. The van der Waals surface area contributed by atoms with Gasteiger partial charge in [0.1, 0.15) is 5.75 Å². The average Bonchev–Trinajstić information content (AvgIpc) is 3.13. The summed E-state index contributed by atoms with van der Waals surface area (Å²) in [6.45, 7) is 8.37. The summed E-state index contributed by atoms with van der Waals surface area (Å²) in [7, 11) is 0.118. The quantitative estimate of drug-likeness (QED) is 0.389. The molecular formula is C32H43ClN2O4S. The van der Waals surface area contributed by atoms with Gasteiger partial charge in [-0.3, -0.25) is 9.52 Å². The molecule has 218 valence electrons. The van der Waals surface area contributed by atoms with Gasteiger partial charge in [0.15, 0.2) is 11.0 Å². The number of halogens is 1. The monoisotopic (exact) mass is 586 g/mol. The zero-order valence-electron chi connectivity index (χ0n) is 24.2. The number of aryl methyl sites for hydroxylation is 1. The van der Waals surface area contributed by atoms with Crippen molar-refractivity contribution in [2.45, 2.75) is 76.2 Å². The minimum absolute atomic E-state index is 0.00629. The maximum atomic E-state index is 13.2. The Balaban J connectivity index is 1.73. The Morgan fingerprint density at radius 1 is 1.18 bits per heavy atom. The van der Waals surface area contributed by atoms with Crippen molar-refractivity contribution in [3.05, 3.63) is 64.7 Å². The molecule has 2 bridgehead atoms. The number of methoxy groups -OCH3 is 1. The van der Waals surface area contributed by atoms with Crippen LogP contribution in [0.4, 0.5) is 5.69 Å². The lowest BCUT2D eigenvalue weighted by molar-refractivity contribution is -0.122. The molecule has 2 heterocycles. The largest absolute Gasteiger partial charge is 0.491 e. The molecule has 5 atom stereocenters. The van der Waals surface area contributed by atoms with E-state index in [0.717, 1.165) is 61.7 Å². The summed E-state index contributed by atoms with van der Waals surface area (Å²) in [4.78, 5) is 15.7. The Hall–Kier alpha value is -2.35. The van der Waals surface area contributed by atoms with Crippen LogP contribution in [0.5, 0.6) is 5.75 Å². The fourth-order valence-corrected chi connectivity index (χ4v) is 6.86. The van der Waals surface area contributed by atoms with Crippen molar-refractivity contribution in [1.29, 1.82) is 0 Å². The Morgan fingerprint density at radius 3 is 2.75 bits per heavy atom. The van der Waals surface area contributed by atoms with Crippen molar-refractivity contribution in [1.82, 2.24) is 4.72 Å². The Kier molecular flexibility index (Phi) is 11.1. The van der Waals surface area contributed by atoms with Crippen molar-refractivity contribution in [2.75, 3.05) is 31.7 Å². The number of benzene rings is 2. The van der Waals surface area contributed by atoms with Crippen LogP contribution in [0.15, 0.2) is 53.4 Å². The summed E-state index contributed by atoms with van der Waals surface area (Å²) in [5.41, 5.74) is 3.44. The van der Waals surface area contributed by atoms with Gasteiger partial charge in [-0.1, -0.05) is 63.4 Å². The van der Waals surface area contributed by atoms with Crippen molar-refractivity contribution in [3.8, 4) is 5.75 Å². The van der Waals surface area contributed by atoms with E-state index in [2.05, 4.69) is 47.8 Å². The number of rotatable bonds is 5. The minimum atomic E-state index is -1.65. The van der Waals surface area contributed by atoms with E-state index in [-0.39, 0.29) is 23.8 Å². The maximum Gasteiger partial charge on any atom is 0.234 e. The first kappa shape index (κ1) is 30.6. The van der Waals surface area contributed by atoms with Crippen molar-refractivity contribution >= 4 is 34.2 Å². The Morgan fingerprint density at radius 2 is 2.00 bits per heavy atom. The minimum Gasteiger partial charge on any atom is -0.491 e. The van der Waals surface area contributed by atoms with E-state index in [9.17, 15) is 9.00 Å². The van der Waals surface area contributed by atoms with Crippen LogP contribution in [0.1, 0.15) is 69.9 Å². The lowest BCUT2D eigenvalue weighted by Crippen LogP contribution is -2.33. The van der Waals surface area contributed by atoms with Crippen LogP contribution in [0, 0.1) is 11.8 Å². The highest BCUT2D eigenvalue weighted by Gasteiger charge is 2.28. The molecule has 0 aliphatic carbocycles. The van der Waals surface area contributed by atoms with Crippen LogP contribution in [-0.2, 0) is 26.9 Å². The van der Waals surface area contributed by atoms with Gasteiger partial charge < -0.3 is 14.4 Å². The molecule has 0 fully saturated rings. The second-order valence-corrected chi connectivity index (χ2v) is 12.6. The number of nitrogens with zero attached hydrogens (tertiary/aromatic N) is 1. The molecule has 0 saturated heterocycles. The second kappa shape index (κ2) is 14.5. The molecule has 1 N–H and O–H groups in total. The highest BCUT2D eigenvalue weighted by atomic mass is 35.5. The first-order chi connectivity index (χ1) is 19.3. The molecule has 0 saturated carbocycles. The first-order valence-electron chi connectivity index (χ1n) is 14.6. The number of nitrogens with one attached hydrogen (secondary N) is 1. The first-order valence-corrected chi connectivity index (χ1v) is 16.1. The average molecular weight is 587 g/mol. The van der Waals surface area contributed by atoms with Crippen LogP contribution in [0.2, 0.25) is 5.02 Å².